The largest absolute Gasteiger partial charge is 0.395 e. The van der Waals surface area contributed by atoms with E-state index in [9.17, 15) is 18.3 Å². The monoisotopic (exact) mass is 403 g/mol. The van der Waals surface area contributed by atoms with Crippen LogP contribution in [0.4, 0.5) is 0 Å². The number of aromatic nitrogens is 4. The van der Waals surface area contributed by atoms with E-state index in [4.69, 9.17) is 0 Å². The average Bonchev–Trinajstić information content (AvgIpc) is 3.34. The number of rotatable bonds is 5. The third-order valence-corrected chi connectivity index (χ3v) is 6.76. The van der Waals surface area contributed by atoms with Crippen molar-refractivity contribution < 1.29 is 13.5 Å². The topological polar surface area (TPSA) is 110 Å². The van der Waals surface area contributed by atoms with Crippen LogP contribution in [0.5, 0.6) is 0 Å². The number of aryl methyl sites for hydroxylation is 1. The van der Waals surface area contributed by atoms with E-state index in [-0.39, 0.29) is 23.7 Å². The van der Waals surface area contributed by atoms with Crippen molar-refractivity contribution in [3.63, 3.8) is 0 Å². The van der Waals surface area contributed by atoms with E-state index in [0.717, 1.165) is 0 Å². The zero-order valence-corrected chi connectivity index (χ0v) is 16.2. The molecule has 0 amide bonds. The van der Waals surface area contributed by atoms with Crippen molar-refractivity contribution in [2.45, 2.75) is 30.5 Å². The molecule has 10 heteroatoms. The third-order valence-electron chi connectivity index (χ3n) is 4.97. The zero-order chi connectivity index (χ0) is 19.9. The molecular weight excluding hydrogens is 382 g/mol. The summed E-state index contributed by atoms with van der Waals surface area (Å²) in [6.45, 7) is 0.137. The van der Waals surface area contributed by atoms with Crippen LogP contribution >= 0.6 is 0 Å². The number of hydrogen-bond acceptors (Lipinski definition) is 6. The summed E-state index contributed by atoms with van der Waals surface area (Å²) in [5, 5.41) is 9.87. The summed E-state index contributed by atoms with van der Waals surface area (Å²) in [5.41, 5.74) is 0.232. The summed E-state index contributed by atoms with van der Waals surface area (Å²) >= 11 is 0. The molecule has 4 rings (SSSR count). The molecule has 1 aliphatic rings. The highest BCUT2D eigenvalue weighted by molar-refractivity contribution is 7.89. The summed E-state index contributed by atoms with van der Waals surface area (Å²) in [5.74, 6) is 0.356. The van der Waals surface area contributed by atoms with Crippen LogP contribution in [-0.2, 0) is 23.6 Å². The van der Waals surface area contributed by atoms with Gasteiger partial charge in [0.05, 0.1) is 36.4 Å². The quantitative estimate of drug-likeness (QED) is 0.670. The number of fused-ring (bicyclic) bond motifs is 1. The highest BCUT2D eigenvalue weighted by Gasteiger charge is 2.39. The van der Waals surface area contributed by atoms with Crippen LogP contribution < -0.4 is 5.56 Å². The fraction of sp³-hybridized carbons (Fsp3) is 0.389. The van der Waals surface area contributed by atoms with Crippen molar-refractivity contribution >= 4 is 20.9 Å². The lowest BCUT2D eigenvalue weighted by Gasteiger charge is -2.25. The summed E-state index contributed by atoms with van der Waals surface area (Å²) in [6, 6.07) is 6.36. The highest BCUT2D eigenvalue weighted by atomic mass is 32.2. The lowest BCUT2D eigenvalue weighted by atomic mass is 10.2. The minimum absolute atomic E-state index is 0.0289. The van der Waals surface area contributed by atoms with Crippen LogP contribution in [0.25, 0.3) is 10.9 Å². The van der Waals surface area contributed by atoms with Crippen molar-refractivity contribution in [3.8, 4) is 0 Å². The van der Waals surface area contributed by atoms with Crippen LogP contribution in [0, 0.1) is 0 Å². The van der Waals surface area contributed by atoms with Gasteiger partial charge in [0.15, 0.2) is 5.03 Å². The normalized spacial score (nSPS) is 18.1. The molecule has 148 valence electrons. The molecule has 3 aromatic rings. The first-order valence-corrected chi connectivity index (χ1v) is 10.5. The van der Waals surface area contributed by atoms with Gasteiger partial charge in [-0.25, -0.2) is 18.4 Å². The van der Waals surface area contributed by atoms with Gasteiger partial charge >= 0.3 is 0 Å². The summed E-state index contributed by atoms with van der Waals surface area (Å²) in [7, 11) is -2.12. The smallest absolute Gasteiger partial charge is 0.262 e. The Morgan fingerprint density at radius 1 is 1.29 bits per heavy atom. The van der Waals surface area contributed by atoms with Gasteiger partial charge in [-0.05, 0) is 25.0 Å². The second-order valence-electron chi connectivity index (χ2n) is 6.82. The van der Waals surface area contributed by atoms with Gasteiger partial charge in [-0.15, -0.1) is 0 Å². The number of para-hydroxylation sites is 1. The Bertz CT molecular complexity index is 1180. The molecule has 0 radical (unpaired) electrons. The molecule has 1 saturated heterocycles. The first-order valence-electron chi connectivity index (χ1n) is 9.03. The number of aliphatic hydroxyl groups excluding tert-OH is 1. The molecule has 1 unspecified atom stereocenters. The second-order valence-corrected chi connectivity index (χ2v) is 8.66. The molecule has 1 N–H and O–H groups in total. The first kappa shape index (κ1) is 18.8. The summed E-state index contributed by atoms with van der Waals surface area (Å²) in [6.07, 6.45) is 4.09. The Labute approximate surface area is 161 Å². The van der Waals surface area contributed by atoms with Crippen molar-refractivity contribution in [2.75, 3.05) is 13.2 Å². The van der Waals surface area contributed by atoms with E-state index >= 15 is 0 Å². The van der Waals surface area contributed by atoms with E-state index in [1.165, 1.54) is 21.4 Å². The van der Waals surface area contributed by atoms with Gasteiger partial charge in [-0.1, -0.05) is 12.1 Å². The number of sulfonamides is 1. The van der Waals surface area contributed by atoms with Crippen molar-refractivity contribution in [1.82, 2.24) is 23.4 Å². The van der Waals surface area contributed by atoms with E-state index < -0.39 is 16.1 Å². The van der Waals surface area contributed by atoms with E-state index in [0.29, 0.717) is 36.1 Å². The Hall–Kier alpha value is -2.56. The van der Waals surface area contributed by atoms with Gasteiger partial charge in [0.1, 0.15) is 5.82 Å². The fourth-order valence-corrected chi connectivity index (χ4v) is 5.31. The average molecular weight is 403 g/mol. The number of nitrogens with zero attached hydrogens (tertiary/aromatic N) is 5. The van der Waals surface area contributed by atoms with Crippen LogP contribution in [0.1, 0.15) is 24.7 Å². The van der Waals surface area contributed by atoms with Gasteiger partial charge < -0.3 is 9.67 Å². The van der Waals surface area contributed by atoms with E-state index in [2.05, 4.69) is 9.97 Å². The summed E-state index contributed by atoms with van der Waals surface area (Å²) < 4.78 is 30.6. The Morgan fingerprint density at radius 3 is 2.79 bits per heavy atom. The van der Waals surface area contributed by atoms with Crippen molar-refractivity contribution in [1.29, 1.82) is 0 Å². The molecule has 1 fully saturated rings. The predicted molar refractivity (Wildman–Crippen MR) is 102 cm³/mol. The lowest BCUT2D eigenvalue weighted by Crippen LogP contribution is -2.36. The zero-order valence-electron chi connectivity index (χ0n) is 15.4. The van der Waals surface area contributed by atoms with Crippen LogP contribution in [0.15, 0.2) is 46.6 Å². The minimum atomic E-state index is -3.83. The molecule has 0 spiro atoms. The van der Waals surface area contributed by atoms with E-state index in [1.807, 2.05) is 0 Å². The molecule has 0 saturated carbocycles. The maximum atomic E-state index is 13.1. The van der Waals surface area contributed by atoms with Gasteiger partial charge in [-0.2, -0.15) is 4.31 Å². The fourth-order valence-electron chi connectivity index (χ4n) is 3.68. The predicted octanol–water partition coefficient (Wildman–Crippen LogP) is 0.648. The van der Waals surface area contributed by atoms with Gasteiger partial charge in [-0.3, -0.25) is 9.36 Å². The Kier molecular flexibility index (Phi) is 4.77. The Balaban J connectivity index is 1.86. The van der Waals surface area contributed by atoms with Crippen LogP contribution in [0.3, 0.4) is 0 Å². The minimum Gasteiger partial charge on any atom is -0.395 e. The Morgan fingerprint density at radius 2 is 2.07 bits per heavy atom. The van der Waals surface area contributed by atoms with Crippen LogP contribution in [0.2, 0.25) is 0 Å². The van der Waals surface area contributed by atoms with Gasteiger partial charge in [0, 0.05) is 19.8 Å². The summed E-state index contributed by atoms with van der Waals surface area (Å²) in [4.78, 5) is 21.6. The van der Waals surface area contributed by atoms with E-state index in [1.54, 1.807) is 35.9 Å². The second kappa shape index (κ2) is 7.12. The molecule has 2 aromatic heterocycles. The molecular formula is C18H21N5O4S. The molecule has 3 heterocycles. The SMILES string of the molecule is Cn1cnc(S(=O)(=O)N2CCCC2c2nc3ccccc3c(=O)n2CCO)c1. The lowest BCUT2D eigenvalue weighted by molar-refractivity contribution is 0.266. The van der Waals surface area contributed by atoms with Crippen molar-refractivity contribution in [3.05, 3.63) is 53.0 Å². The third kappa shape index (κ3) is 3.03. The molecule has 0 aliphatic carbocycles. The molecule has 28 heavy (non-hydrogen) atoms. The van der Waals surface area contributed by atoms with Crippen LogP contribution in [-0.4, -0.2) is 50.1 Å². The standard InChI is InChI=1S/C18H21N5O4S/c1-21-11-16(19-12-21)28(26,27)23-8-4-7-15(23)17-20-14-6-3-2-5-13(14)18(25)22(17)9-10-24/h2-3,5-6,11-12,15,24H,4,7-10H2,1H3. The number of benzene rings is 1. The molecule has 1 aliphatic heterocycles. The number of hydrogen-bond donors (Lipinski definition) is 1. The number of aliphatic hydroxyl groups is 1. The van der Waals surface area contributed by atoms with Gasteiger partial charge in [0.25, 0.3) is 15.6 Å². The molecule has 0 bridgehead atoms. The maximum absolute atomic E-state index is 13.1. The molecule has 9 nitrogen and oxygen atoms in total. The highest BCUT2D eigenvalue weighted by Crippen LogP contribution is 2.35. The van der Waals surface area contributed by atoms with Crippen molar-refractivity contribution in [2.24, 2.45) is 7.05 Å². The van der Waals surface area contributed by atoms with Gasteiger partial charge in [0.2, 0.25) is 0 Å². The maximum Gasteiger partial charge on any atom is 0.262 e. The molecule has 1 aromatic carbocycles. The number of imidazole rings is 1. The molecule has 1 atom stereocenters. The first-order chi connectivity index (χ1) is 13.4.